The number of amides is 1. The number of likely N-dealkylation sites (tertiary alicyclic amines) is 1. The molecule has 1 atom stereocenters. The summed E-state index contributed by atoms with van der Waals surface area (Å²) in [5.41, 5.74) is 2.37. The van der Waals surface area contributed by atoms with Crippen LogP contribution in [0.3, 0.4) is 0 Å². The van der Waals surface area contributed by atoms with E-state index in [4.69, 9.17) is 4.74 Å². The number of carbonyl (C=O) groups is 1. The maximum Gasteiger partial charge on any atom is 0.227 e. The van der Waals surface area contributed by atoms with Gasteiger partial charge >= 0.3 is 0 Å². The quantitative estimate of drug-likeness (QED) is 0.804. The van der Waals surface area contributed by atoms with Crippen LogP contribution in [0.4, 0.5) is 0 Å². The highest BCUT2D eigenvalue weighted by Crippen LogP contribution is 2.21. The molecule has 3 nitrogen and oxygen atoms in total. The number of carbonyl (C=O) groups excluding carboxylic acids is 1. The average molecular weight is 329 g/mol. The van der Waals surface area contributed by atoms with Gasteiger partial charge in [-0.2, -0.15) is 11.3 Å². The van der Waals surface area contributed by atoms with Crippen LogP contribution < -0.4 is 4.74 Å². The zero-order valence-corrected chi connectivity index (χ0v) is 14.3. The summed E-state index contributed by atoms with van der Waals surface area (Å²) in [5.74, 6) is 1.75. The van der Waals surface area contributed by atoms with Gasteiger partial charge in [-0.15, -0.1) is 0 Å². The van der Waals surface area contributed by atoms with Crippen molar-refractivity contribution < 1.29 is 9.53 Å². The van der Waals surface area contributed by atoms with Crippen molar-refractivity contribution in [3.63, 3.8) is 0 Å². The van der Waals surface area contributed by atoms with Gasteiger partial charge in [-0.1, -0.05) is 17.7 Å². The Morgan fingerprint density at radius 3 is 2.87 bits per heavy atom. The summed E-state index contributed by atoms with van der Waals surface area (Å²) in [5, 5.41) is 4.08. The van der Waals surface area contributed by atoms with Crippen LogP contribution in [0.15, 0.2) is 41.1 Å². The molecular weight excluding hydrogens is 306 g/mol. The van der Waals surface area contributed by atoms with Gasteiger partial charge in [-0.05, 0) is 60.2 Å². The molecule has 0 spiro atoms. The van der Waals surface area contributed by atoms with Crippen molar-refractivity contribution in [2.75, 3.05) is 19.7 Å². The van der Waals surface area contributed by atoms with Gasteiger partial charge in [0.25, 0.3) is 0 Å². The number of rotatable bonds is 6. The zero-order valence-electron chi connectivity index (χ0n) is 13.5. The normalized spacial score (nSPS) is 17.4. The Balaban J connectivity index is 1.39. The molecular formula is C19H23NO2S. The minimum absolute atomic E-state index is 0.255. The molecule has 2 aromatic rings. The van der Waals surface area contributed by atoms with Crippen molar-refractivity contribution in [3.8, 4) is 5.75 Å². The first-order valence-electron chi connectivity index (χ1n) is 8.19. The highest BCUT2D eigenvalue weighted by molar-refractivity contribution is 7.07. The highest BCUT2D eigenvalue weighted by atomic mass is 32.1. The van der Waals surface area contributed by atoms with Gasteiger partial charge in [0.15, 0.2) is 0 Å². The van der Waals surface area contributed by atoms with Crippen LogP contribution in [0.5, 0.6) is 5.75 Å². The first-order valence-corrected chi connectivity index (χ1v) is 9.13. The third kappa shape index (κ3) is 4.58. The summed E-state index contributed by atoms with van der Waals surface area (Å²) in [7, 11) is 0. The molecule has 0 bridgehead atoms. The number of thiophene rings is 1. The molecule has 1 aromatic heterocycles. The number of hydrogen-bond donors (Lipinski definition) is 0. The second-order valence-corrected chi connectivity index (χ2v) is 7.03. The molecule has 2 heterocycles. The van der Waals surface area contributed by atoms with Crippen LogP contribution in [0.2, 0.25) is 0 Å². The Kier molecular flexibility index (Phi) is 5.34. The molecule has 4 heteroatoms. The van der Waals surface area contributed by atoms with Crippen molar-refractivity contribution in [2.24, 2.45) is 5.92 Å². The molecule has 122 valence electrons. The van der Waals surface area contributed by atoms with Gasteiger partial charge in [0, 0.05) is 13.1 Å². The van der Waals surface area contributed by atoms with E-state index in [1.165, 1.54) is 5.56 Å². The zero-order chi connectivity index (χ0) is 16.1. The molecule has 0 aliphatic carbocycles. The smallest absolute Gasteiger partial charge is 0.227 e. The van der Waals surface area contributed by atoms with Crippen LogP contribution in [0, 0.1) is 12.8 Å². The Morgan fingerprint density at radius 2 is 2.13 bits per heavy atom. The lowest BCUT2D eigenvalue weighted by Crippen LogP contribution is -2.30. The molecule has 3 rings (SSSR count). The van der Waals surface area contributed by atoms with Gasteiger partial charge < -0.3 is 9.64 Å². The lowest BCUT2D eigenvalue weighted by atomic mass is 10.1. The Morgan fingerprint density at radius 1 is 1.30 bits per heavy atom. The first kappa shape index (κ1) is 16.1. The van der Waals surface area contributed by atoms with E-state index in [1.807, 2.05) is 28.5 Å². The Bertz CT molecular complexity index is 621. The number of benzene rings is 1. The second-order valence-electron chi connectivity index (χ2n) is 6.25. The number of nitrogens with zero attached hydrogens (tertiary/aromatic N) is 1. The monoisotopic (exact) mass is 329 g/mol. The number of ether oxygens (including phenoxy) is 1. The summed E-state index contributed by atoms with van der Waals surface area (Å²) < 4.78 is 5.80. The third-order valence-corrected chi connectivity index (χ3v) is 5.12. The van der Waals surface area contributed by atoms with E-state index >= 15 is 0 Å². The van der Waals surface area contributed by atoms with Crippen LogP contribution >= 0.6 is 11.3 Å². The van der Waals surface area contributed by atoms with E-state index in [1.54, 1.807) is 11.3 Å². The van der Waals surface area contributed by atoms with Crippen molar-refractivity contribution in [1.29, 1.82) is 0 Å². The molecule has 0 saturated carbocycles. The van der Waals surface area contributed by atoms with Gasteiger partial charge in [0.05, 0.1) is 13.0 Å². The van der Waals surface area contributed by atoms with Crippen LogP contribution in [0.1, 0.15) is 24.0 Å². The van der Waals surface area contributed by atoms with Gasteiger partial charge in [-0.3, -0.25) is 4.79 Å². The summed E-state index contributed by atoms with van der Waals surface area (Å²) in [6.45, 7) is 4.56. The van der Waals surface area contributed by atoms with Crippen molar-refractivity contribution in [3.05, 3.63) is 52.2 Å². The molecule has 1 aliphatic heterocycles. The molecule has 1 amide bonds. The van der Waals surface area contributed by atoms with Crippen LogP contribution in [-0.4, -0.2) is 30.5 Å². The molecule has 23 heavy (non-hydrogen) atoms. The van der Waals surface area contributed by atoms with E-state index < -0.39 is 0 Å². The molecule has 1 aromatic carbocycles. The lowest BCUT2D eigenvalue weighted by molar-refractivity contribution is -0.129. The van der Waals surface area contributed by atoms with E-state index in [0.29, 0.717) is 12.3 Å². The molecule has 1 fully saturated rings. The fourth-order valence-electron chi connectivity index (χ4n) is 2.95. The molecule has 1 saturated heterocycles. The van der Waals surface area contributed by atoms with Crippen molar-refractivity contribution in [2.45, 2.75) is 26.2 Å². The van der Waals surface area contributed by atoms with Gasteiger partial charge in [0.2, 0.25) is 5.91 Å². The predicted octanol–water partition coefficient (Wildman–Crippen LogP) is 3.92. The standard InChI is InChI=1S/C19H23NO2S/c1-15-2-4-18(5-3-15)22-10-7-16-6-9-20(13-16)19(21)12-17-8-11-23-14-17/h2-5,8,11,14,16H,6-7,9-10,12-13H2,1H3. The van der Waals surface area contributed by atoms with E-state index in [2.05, 4.69) is 24.4 Å². The maximum absolute atomic E-state index is 12.3. The second kappa shape index (κ2) is 7.64. The van der Waals surface area contributed by atoms with E-state index in [9.17, 15) is 4.79 Å². The summed E-state index contributed by atoms with van der Waals surface area (Å²) in [6.07, 6.45) is 2.64. The number of aryl methyl sites for hydroxylation is 1. The summed E-state index contributed by atoms with van der Waals surface area (Å²) in [6, 6.07) is 10.2. The topological polar surface area (TPSA) is 29.5 Å². The number of hydrogen-bond acceptors (Lipinski definition) is 3. The van der Waals surface area contributed by atoms with Crippen LogP contribution in [0.25, 0.3) is 0 Å². The third-order valence-electron chi connectivity index (χ3n) is 4.39. The Labute approximate surface area is 141 Å². The molecule has 1 unspecified atom stereocenters. The minimum atomic E-state index is 0.255. The maximum atomic E-state index is 12.3. The molecule has 1 aliphatic rings. The SMILES string of the molecule is Cc1ccc(OCCC2CCN(C(=O)Cc3ccsc3)C2)cc1. The lowest BCUT2D eigenvalue weighted by Gasteiger charge is -2.16. The predicted molar refractivity (Wildman–Crippen MR) is 94.0 cm³/mol. The largest absolute Gasteiger partial charge is 0.494 e. The van der Waals surface area contributed by atoms with Gasteiger partial charge in [0.1, 0.15) is 5.75 Å². The highest BCUT2D eigenvalue weighted by Gasteiger charge is 2.26. The Hall–Kier alpha value is -1.81. The van der Waals surface area contributed by atoms with Crippen LogP contribution in [-0.2, 0) is 11.2 Å². The van der Waals surface area contributed by atoms with Gasteiger partial charge in [-0.25, -0.2) is 0 Å². The first-order chi connectivity index (χ1) is 11.2. The molecule has 0 radical (unpaired) electrons. The summed E-state index contributed by atoms with van der Waals surface area (Å²) >= 11 is 1.65. The fourth-order valence-corrected chi connectivity index (χ4v) is 3.62. The molecule has 0 N–H and O–H groups in total. The fraction of sp³-hybridized carbons (Fsp3) is 0.421. The van der Waals surface area contributed by atoms with E-state index in [0.717, 1.165) is 43.9 Å². The van der Waals surface area contributed by atoms with Crippen molar-refractivity contribution in [1.82, 2.24) is 4.90 Å². The minimum Gasteiger partial charge on any atom is -0.494 e. The van der Waals surface area contributed by atoms with Crippen molar-refractivity contribution >= 4 is 17.2 Å². The summed E-state index contributed by atoms with van der Waals surface area (Å²) in [4.78, 5) is 14.3. The van der Waals surface area contributed by atoms with E-state index in [-0.39, 0.29) is 5.91 Å². The average Bonchev–Trinajstić information content (AvgIpc) is 3.21.